The fraction of sp³-hybridized carbons (Fsp3) is 0.474. The lowest BCUT2D eigenvalue weighted by molar-refractivity contribution is 0.499. The van der Waals surface area contributed by atoms with Crippen molar-refractivity contribution < 1.29 is 8.78 Å². The Morgan fingerprint density at radius 2 is 2.19 bits per heavy atom. The van der Waals surface area contributed by atoms with Crippen LogP contribution in [0.1, 0.15) is 43.1 Å². The molecule has 0 spiro atoms. The van der Waals surface area contributed by atoms with Gasteiger partial charge in [-0.25, -0.2) is 8.78 Å². The van der Waals surface area contributed by atoms with E-state index < -0.39 is 11.6 Å². The maximum Gasteiger partial charge on any atom is 0.191 e. The van der Waals surface area contributed by atoms with Crippen LogP contribution in [0, 0.1) is 11.6 Å². The number of nitrogens with zero attached hydrogens (tertiary/aromatic N) is 3. The smallest absolute Gasteiger partial charge is 0.191 e. The van der Waals surface area contributed by atoms with Gasteiger partial charge in [-0.2, -0.15) is 5.10 Å². The molecule has 1 aromatic carbocycles. The molecule has 2 N–H and O–H groups in total. The van der Waals surface area contributed by atoms with Gasteiger partial charge in [0.2, 0.25) is 0 Å². The third kappa shape index (κ3) is 4.20. The van der Waals surface area contributed by atoms with E-state index in [0.717, 1.165) is 31.0 Å². The lowest BCUT2D eigenvalue weighted by Gasteiger charge is -2.24. The zero-order valence-electron chi connectivity index (χ0n) is 15.4. The molecule has 0 amide bonds. The van der Waals surface area contributed by atoms with Gasteiger partial charge in [-0.3, -0.25) is 9.67 Å². The fourth-order valence-corrected chi connectivity index (χ4v) is 3.13. The lowest BCUT2D eigenvalue weighted by atomic mass is 9.94. The highest BCUT2D eigenvalue weighted by Gasteiger charge is 2.23. The number of hydrogen-bond acceptors (Lipinski definition) is 2. The molecule has 1 atom stereocenters. The highest BCUT2D eigenvalue weighted by Crippen LogP contribution is 2.21. The molecule has 1 aliphatic carbocycles. The molecular formula is C19H25F2N5. The summed E-state index contributed by atoms with van der Waals surface area (Å²) < 4.78 is 28.7. The Bertz CT molecular complexity index is 797. The summed E-state index contributed by atoms with van der Waals surface area (Å²) in [5.74, 6) is -0.535. The number of hydrogen-bond donors (Lipinski definition) is 2. The van der Waals surface area contributed by atoms with Crippen LogP contribution in [0.2, 0.25) is 0 Å². The molecule has 1 aliphatic rings. The van der Waals surface area contributed by atoms with Gasteiger partial charge in [-0.15, -0.1) is 0 Å². The summed E-state index contributed by atoms with van der Waals surface area (Å²) in [6.07, 6.45) is 4.94. The summed E-state index contributed by atoms with van der Waals surface area (Å²) in [7, 11) is 1.68. The van der Waals surface area contributed by atoms with Crippen LogP contribution >= 0.6 is 0 Å². The third-order valence-corrected chi connectivity index (χ3v) is 4.65. The Morgan fingerprint density at radius 1 is 1.38 bits per heavy atom. The Morgan fingerprint density at radius 3 is 2.88 bits per heavy atom. The van der Waals surface area contributed by atoms with Gasteiger partial charge in [0.25, 0.3) is 0 Å². The van der Waals surface area contributed by atoms with E-state index in [1.54, 1.807) is 7.05 Å². The van der Waals surface area contributed by atoms with E-state index in [1.807, 2.05) is 4.68 Å². The van der Waals surface area contributed by atoms with E-state index >= 15 is 0 Å². The first-order valence-corrected chi connectivity index (χ1v) is 8.94. The summed E-state index contributed by atoms with van der Waals surface area (Å²) >= 11 is 0. The predicted molar refractivity (Wildman–Crippen MR) is 98.1 cm³/mol. The van der Waals surface area contributed by atoms with E-state index in [1.165, 1.54) is 17.7 Å². The van der Waals surface area contributed by atoms with Crippen LogP contribution < -0.4 is 10.6 Å². The molecular weight excluding hydrogens is 336 g/mol. The van der Waals surface area contributed by atoms with Crippen LogP contribution in [0.15, 0.2) is 29.4 Å². The molecule has 0 saturated carbocycles. The molecule has 0 bridgehead atoms. The number of guanidine groups is 1. The average Bonchev–Trinajstić information content (AvgIpc) is 3.03. The highest BCUT2D eigenvalue weighted by atomic mass is 19.1. The molecule has 140 valence electrons. The van der Waals surface area contributed by atoms with Crippen molar-refractivity contribution in [1.82, 2.24) is 20.4 Å². The molecule has 3 rings (SSSR count). The van der Waals surface area contributed by atoms with Gasteiger partial charge in [0.15, 0.2) is 5.96 Å². The van der Waals surface area contributed by atoms with Crippen LogP contribution in [0.25, 0.3) is 0 Å². The highest BCUT2D eigenvalue weighted by molar-refractivity contribution is 5.80. The number of aromatic nitrogens is 2. The molecule has 5 nitrogen and oxygen atoms in total. The fourth-order valence-electron chi connectivity index (χ4n) is 3.13. The minimum Gasteiger partial charge on any atom is -0.353 e. The third-order valence-electron chi connectivity index (χ3n) is 4.65. The number of aliphatic imine (C=N–C) groups is 1. The topological polar surface area (TPSA) is 54.2 Å². The van der Waals surface area contributed by atoms with E-state index in [9.17, 15) is 8.78 Å². The number of benzene rings is 1. The Hall–Kier alpha value is -2.44. The second-order valence-electron chi connectivity index (χ2n) is 6.92. The van der Waals surface area contributed by atoms with Gasteiger partial charge >= 0.3 is 0 Å². The van der Waals surface area contributed by atoms with Crippen molar-refractivity contribution in [3.8, 4) is 0 Å². The Kier molecular flexibility index (Phi) is 5.54. The maximum absolute atomic E-state index is 13.7. The molecule has 7 heteroatoms. The van der Waals surface area contributed by atoms with Crippen molar-refractivity contribution in [2.45, 2.75) is 51.7 Å². The zero-order valence-corrected chi connectivity index (χ0v) is 15.4. The van der Waals surface area contributed by atoms with E-state index in [2.05, 4.69) is 40.8 Å². The van der Waals surface area contributed by atoms with Crippen LogP contribution in [0.4, 0.5) is 8.78 Å². The maximum atomic E-state index is 13.7. The monoisotopic (exact) mass is 361 g/mol. The minimum atomic E-state index is -0.576. The molecule has 1 unspecified atom stereocenters. The van der Waals surface area contributed by atoms with Crippen molar-refractivity contribution >= 4 is 5.96 Å². The Labute approximate surface area is 152 Å². The van der Waals surface area contributed by atoms with Crippen molar-refractivity contribution in [2.75, 3.05) is 7.05 Å². The average molecular weight is 361 g/mol. The van der Waals surface area contributed by atoms with Crippen LogP contribution in [-0.2, 0) is 19.4 Å². The molecule has 26 heavy (non-hydrogen) atoms. The van der Waals surface area contributed by atoms with Gasteiger partial charge in [-0.1, -0.05) is 6.07 Å². The summed E-state index contributed by atoms with van der Waals surface area (Å²) in [4.78, 5) is 4.21. The van der Waals surface area contributed by atoms with Gasteiger partial charge in [0, 0.05) is 49.9 Å². The van der Waals surface area contributed by atoms with Crippen LogP contribution in [0.3, 0.4) is 0 Å². The minimum absolute atomic E-state index is 0.224. The number of rotatable bonds is 4. The molecule has 0 aliphatic heterocycles. The first kappa shape index (κ1) is 18.4. The van der Waals surface area contributed by atoms with Gasteiger partial charge in [0.05, 0.1) is 5.69 Å². The first-order valence-electron chi connectivity index (χ1n) is 8.94. The molecule has 0 saturated heterocycles. The van der Waals surface area contributed by atoms with Gasteiger partial charge < -0.3 is 10.6 Å². The molecule has 1 heterocycles. The summed E-state index contributed by atoms with van der Waals surface area (Å²) in [5.41, 5.74) is 2.84. The Balaban J connectivity index is 1.58. The van der Waals surface area contributed by atoms with Crippen molar-refractivity contribution in [3.05, 3.63) is 52.9 Å². The molecule has 0 fully saturated rings. The van der Waals surface area contributed by atoms with Crippen LogP contribution in [-0.4, -0.2) is 28.8 Å². The quantitative estimate of drug-likeness (QED) is 0.650. The number of nitrogens with one attached hydrogen (secondary N) is 2. The second kappa shape index (κ2) is 7.85. The van der Waals surface area contributed by atoms with Crippen molar-refractivity contribution in [3.63, 3.8) is 0 Å². The number of aryl methyl sites for hydroxylation is 1. The molecule has 0 radical (unpaired) electrons. The zero-order chi connectivity index (χ0) is 18.7. The SMILES string of the molecule is CN=C(NCc1ccc(F)cc1F)NC1CCc2cn(C(C)C)nc2C1. The van der Waals surface area contributed by atoms with E-state index in [-0.39, 0.29) is 12.6 Å². The van der Waals surface area contributed by atoms with Gasteiger partial charge in [0.1, 0.15) is 11.6 Å². The standard InChI is InChI=1S/C19H25F2N5/c1-12(2)26-11-14-5-7-16(9-18(14)25-26)24-19(22-3)23-10-13-4-6-15(20)8-17(13)21/h4,6,8,11-12,16H,5,7,9-10H2,1-3H3,(H2,22,23,24). The van der Waals surface area contributed by atoms with E-state index in [0.29, 0.717) is 17.6 Å². The molecule has 1 aromatic heterocycles. The molecule has 2 aromatic rings. The normalized spacial score (nSPS) is 17.3. The number of halogens is 2. The number of fused-ring (bicyclic) bond motifs is 1. The van der Waals surface area contributed by atoms with Crippen LogP contribution in [0.5, 0.6) is 0 Å². The summed E-state index contributed by atoms with van der Waals surface area (Å²) in [5, 5.41) is 11.1. The predicted octanol–water partition coefficient (Wildman–Crippen LogP) is 2.96. The van der Waals surface area contributed by atoms with Crippen molar-refractivity contribution in [2.24, 2.45) is 4.99 Å². The van der Waals surface area contributed by atoms with Gasteiger partial charge in [-0.05, 0) is 38.3 Å². The largest absolute Gasteiger partial charge is 0.353 e. The lowest BCUT2D eigenvalue weighted by Crippen LogP contribution is -2.45. The second-order valence-corrected chi connectivity index (χ2v) is 6.92. The summed E-state index contributed by atoms with van der Waals surface area (Å²) in [6, 6.07) is 4.16. The summed E-state index contributed by atoms with van der Waals surface area (Å²) in [6.45, 7) is 4.48. The first-order chi connectivity index (χ1) is 12.5. The van der Waals surface area contributed by atoms with E-state index in [4.69, 9.17) is 0 Å². The van der Waals surface area contributed by atoms with Crippen molar-refractivity contribution in [1.29, 1.82) is 0 Å².